The maximum atomic E-state index is 13.5. The highest BCUT2D eigenvalue weighted by molar-refractivity contribution is 5.69. The molecule has 4 heteroatoms. The first-order valence-corrected chi connectivity index (χ1v) is 6.60. The molecule has 1 aliphatic heterocycles. The molecule has 1 saturated heterocycles. The van der Waals surface area contributed by atoms with Gasteiger partial charge in [0.15, 0.2) is 0 Å². The average Bonchev–Trinajstić information content (AvgIpc) is 2.18. The van der Waals surface area contributed by atoms with Crippen LogP contribution in [-0.4, -0.2) is 24.3 Å². The summed E-state index contributed by atoms with van der Waals surface area (Å²) in [7, 11) is 0. The second kappa shape index (κ2) is 4.37. The number of nitrogen functional groups attached to an aromatic ring is 1. The van der Waals surface area contributed by atoms with Gasteiger partial charge in [-0.15, -0.1) is 0 Å². The normalized spacial score (nSPS) is 21.5. The van der Waals surface area contributed by atoms with Gasteiger partial charge in [0.05, 0.1) is 22.6 Å². The number of anilines is 2. The fraction of sp³-hybridized carbons (Fsp3) is 0.600. The molecule has 0 radical (unpaired) electrons. The van der Waals surface area contributed by atoms with Crippen LogP contribution in [0.15, 0.2) is 12.1 Å². The van der Waals surface area contributed by atoms with E-state index in [9.17, 15) is 4.39 Å². The quantitative estimate of drug-likeness (QED) is 0.794. The van der Waals surface area contributed by atoms with Crippen molar-refractivity contribution in [2.75, 3.05) is 23.7 Å². The van der Waals surface area contributed by atoms with Crippen LogP contribution in [0.1, 0.15) is 33.3 Å². The van der Waals surface area contributed by atoms with Crippen molar-refractivity contribution in [1.82, 2.24) is 0 Å². The van der Waals surface area contributed by atoms with Crippen molar-refractivity contribution in [3.05, 3.63) is 23.5 Å². The van der Waals surface area contributed by atoms with Gasteiger partial charge in [0.25, 0.3) is 0 Å². The van der Waals surface area contributed by atoms with E-state index < -0.39 is 0 Å². The number of aryl methyl sites for hydroxylation is 1. The van der Waals surface area contributed by atoms with Gasteiger partial charge in [0.1, 0.15) is 5.82 Å². The summed E-state index contributed by atoms with van der Waals surface area (Å²) in [5, 5.41) is 0. The molecule has 106 valence electrons. The minimum atomic E-state index is -0.256. The first kappa shape index (κ1) is 14.1. The zero-order chi connectivity index (χ0) is 14.4. The Morgan fingerprint density at radius 3 is 2.21 bits per heavy atom. The molecule has 1 aromatic carbocycles. The lowest BCUT2D eigenvalue weighted by Gasteiger charge is -2.48. The van der Waals surface area contributed by atoms with Crippen molar-refractivity contribution >= 4 is 11.4 Å². The number of nitrogens with zero attached hydrogens (tertiary/aromatic N) is 1. The number of nitrogens with two attached hydrogens (primary N) is 1. The first-order chi connectivity index (χ1) is 8.60. The van der Waals surface area contributed by atoms with Gasteiger partial charge < -0.3 is 15.4 Å². The lowest BCUT2D eigenvalue weighted by Crippen LogP contribution is -2.57. The van der Waals surface area contributed by atoms with E-state index in [-0.39, 0.29) is 17.0 Å². The van der Waals surface area contributed by atoms with Crippen LogP contribution in [0, 0.1) is 12.7 Å². The molecule has 1 heterocycles. The van der Waals surface area contributed by atoms with Gasteiger partial charge in [-0.05, 0) is 52.3 Å². The van der Waals surface area contributed by atoms with Crippen molar-refractivity contribution in [3.8, 4) is 0 Å². The Morgan fingerprint density at radius 2 is 1.68 bits per heavy atom. The third-order valence-electron chi connectivity index (χ3n) is 3.34. The Morgan fingerprint density at radius 1 is 1.16 bits per heavy atom. The molecule has 1 fully saturated rings. The summed E-state index contributed by atoms with van der Waals surface area (Å²) in [6, 6.07) is 3.22. The molecule has 2 rings (SSSR count). The predicted octanol–water partition coefficient (Wildman–Crippen LogP) is 3.11. The molecule has 1 aromatic rings. The van der Waals surface area contributed by atoms with Crippen LogP contribution in [0.4, 0.5) is 15.8 Å². The highest BCUT2D eigenvalue weighted by atomic mass is 19.1. The molecule has 0 spiro atoms. The summed E-state index contributed by atoms with van der Waals surface area (Å²) in [5.41, 5.74) is 7.46. The van der Waals surface area contributed by atoms with Crippen LogP contribution >= 0.6 is 0 Å². The molecule has 0 atom stereocenters. The molecule has 19 heavy (non-hydrogen) atoms. The van der Waals surface area contributed by atoms with Crippen molar-refractivity contribution in [3.63, 3.8) is 0 Å². The molecule has 2 N–H and O–H groups in total. The fourth-order valence-electron chi connectivity index (χ4n) is 2.91. The van der Waals surface area contributed by atoms with Crippen molar-refractivity contribution < 1.29 is 9.13 Å². The number of halogens is 1. The lowest BCUT2D eigenvalue weighted by molar-refractivity contribution is -0.133. The average molecular weight is 266 g/mol. The minimum Gasteiger partial charge on any atom is -0.397 e. The summed E-state index contributed by atoms with van der Waals surface area (Å²) in [4.78, 5) is 2.19. The van der Waals surface area contributed by atoms with E-state index in [1.54, 1.807) is 6.92 Å². The Labute approximate surface area is 114 Å². The third-order valence-corrected chi connectivity index (χ3v) is 3.34. The maximum absolute atomic E-state index is 13.5. The number of hydrogen-bond acceptors (Lipinski definition) is 3. The van der Waals surface area contributed by atoms with Gasteiger partial charge in [-0.2, -0.15) is 0 Å². The number of hydrogen-bond donors (Lipinski definition) is 1. The predicted molar refractivity (Wildman–Crippen MR) is 77.0 cm³/mol. The summed E-state index contributed by atoms with van der Waals surface area (Å²) < 4.78 is 19.6. The van der Waals surface area contributed by atoms with Crippen molar-refractivity contribution in [1.29, 1.82) is 0 Å². The third kappa shape index (κ3) is 3.00. The fourth-order valence-corrected chi connectivity index (χ4v) is 2.91. The molecule has 0 aromatic heterocycles. The molecular formula is C15H23FN2O. The van der Waals surface area contributed by atoms with Gasteiger partial charge in [-0.3, -0.25) is 0 Å². The molecule has 0 aliphatic carbocycles. The topological polar surface area (TPSA) is 38.5 Å². The first-order valence-electron chi connectivity index (χ1n) is 6.60. The Hall–Kier alpha value is -1.29. The van der Waals surface area contributed by atoms with E-state index in [1.807, 2.05) is 6.07 Å². The van der Waals surface area contributed by atoms with Gasteiger partial charge in [0.2, 0.25) is 0 Å². The minimum absolute atomic E-state index is 0.253. The molecular weight excluding hydrogens is 243 g/mol. The smallest absolute Gasteiger partial charge is 0.128 e. The van der Waals surface area contributed by atoms with Gasteiger partial charge >= 0.3 is 0 Å². The summed E-state index contributed by atoms with van der Waals surface area (Å²) >= 11 is 0. The molecule has 0 saturated carbocycles. The van der Waals surface area contributed by atoms with Crippen LogP contribution in [-0.2, 0) is 4.74 Å². The maximum Gasteiger partial charge on any atom is 0.128 e. The van der Waals surface area contributed by atoms with Gasteiger partial charge in [-0.25, -0.2) is 4.39 Å². The lowest BCUT2D eigenvalue weighted by atomic mass is 9.97. The van der Waals surface area contributed by atoms with E-state index in [2.05, 4.69) is 32.6 Å². The van der Waals surface area contributed by atoms with Crippen LogP contribution < -0.4 is 10.6 Å². The van der Waals surface area contributed by atoms with Crippen LogP contribution in [0.5, 0.6) is 0 Å². The van der Waals surface area contributed by atoms with E-state index in [4.69, 9.17) is 10.5 Å². The largest absolute Gasteiger partial charge is 0.397 e. The van der Waals surface area contributed by atoms with E-state index >= 15 is 0 Å². The molecule has 1 aliphatic rings. The Bertz CT molecular complexity index is 481. The number of ether oxygens (including phenoxy) is 1. The van der Waals surface area contributed by atoms with Crippen molar-refractivity contribution in [2.24, 2.45) is 0 Å². The van der Waals surface area contributed by atoms with Gasteiger partial charge in [0, 0.05) is 13.1 Å². The van der Waals surface area contributed by atoms with Crippen molar-refractivity contribution in [2.45, 2.75) is 45.8 Å². The zero-order valence-electron chi connectivity index (χ0n) is 12.4. The SMILES string of the molecule is Cc1cc(N2CC(C)(C)OC(C)(C)C2)c(N)cc1F. The highest BCUT2D eigenvalue weighted by Crippen LogP contribution is 2.34. The Kier molecular flexibility index (Phi) is 3.25. The monoisotopic (exact) mass is 266 g/mol. The summed E-state index contributed by atoms with van der Waals surface area (Å²) in [6.07, 6.45) is 0. The van der Waals surface area contributed by atoms with E-state index in [1.165, 1.54) is 6.07 Å². The molecule has 0 unspecified atom stereocenters. The zero-order valence-corrected chi connectivity index (χ0v) is 12.4. The molecule has 0 amide bonds. The summed E-state index contributed by atoms with van der Waals surface area (Å²) in [5.74, 6) is -0.256. The second-order valence-electron chi connectivity index (χ2n) is 6.64. The molecule has 3 nitrogen and oxygen atoms in total. The van der Waals surface area contributed by atoms with E-state index in [0.717, 1.165) is 18.8 Å². The van der Waals surface area contributed by atoms with Crippen LogP contribution in [0.2, 0.25) is 0 Å². The Balaban J connectivity index is 2.39. The van der Waals surface area contributed by atoms with Crippen LogP contribution in [0.3, 0.4) is 0 Å². The highest BCUT2D eigenvalue weighted by Gasteiger charge is 2.38. The second-order valence-corrected chi connectivity index (χ2v) is 6.64. The number of morpholine rings is 1. The summed E-state index contributed by atoms with van der Waals surface area (Å²) in [6.45, 7) is 11.5. The van der Waals surface area contributed by atoms with Crippen LogP contribution in [0.25, 0.3) is 0 Å². The number of rotatable bonds is 1. The standard InChI is InChI=1S/C15H23FN2O/c1-10-6-13(12(17)7-11(10)16)18-8-14(2,3)19-15(4,5)9-18/h6-7H,8-9,17H2,1-5H3. The molecule has 0 bridgehead atoms. The van der Waals surface area contributed by atoms with E-state index in [0.29, 0.717) is 11.3 Å². The van der Waals surface area contributed by atoms with Gasteiger partial charge in [-0.1, -0.05) is 0 Å². The number of benzene rings is 1.